The molecule has 0 spiro atoms. The van der Waals surface area contributed by atoms with Gasteiger partial charge in [-0.25, -0.2) is 17.5 Å². The van der Waals surface area contributed by atoms with E-state index in [1.54, 1.807) is 0 Å². The van der Waals surface area contributed by atoms with E-state index in [2.05, 4.69) is 4.72 Å². The van der Waals surface area contributed by atoms with Gasteiger partial charge in [0.25, 0.3) is 0 Å². The van der Waals surface area contributed by atoms with E-state index in [9.17, 15) is 12.8 Å². The van der Waals surface area contributed by atoms with Gasteiger partial charge in [-0.3, -0.25) is 0 Å². The minimum atomic E-state index is -3.73. The fourth-order valence-electron chi connectivity index (χ4n) is 2.08. The summed E-state index contributed by atoms with van der Waals surface area (Å²) in [7, 11) is -3.73. The van der Waals surface area contributed by atoms with Crippen molar-refractivity contribution in [3.8, 4) is 0 Å². The quantitative estimate of drug-likeness (QED) is 0.812. The highest BCUT2D eigenvalue weighted by atomic mass is 32.2. The first kappa shape index (κ1) is 17.1. The van der Waals surface area contributed by atoms with Gasteiger partial charge in [0, 0.05) is 18.2 Å². The topological polar surface area (TPSA) is 72.2 Å². The maximum atomic E-state index is 13.8. The van der Waals surface area contributed by atoms with Gasteiger partial charge >= 0.3 is 0 Å². The molecule has 1 rings (SSSR count). The van der Waals surface area contributed by atoms with Crippen LogP contribution in [0.4, 0.5) is 4.39 Å². The van der Waals surface area contributed by atoms with Crippen LogP contribution >= 0.6 is 0 Å². The molecule has 0 fully saturated rings. The van der Waals surface area contributed by atoms with Crippen LogP contribution < -0.4 is 10.5 Å². The molecule has 1 aromatic rings. The summed E-state index contributed by atoms with van der Waals surface area (Å²) >= 11 is 0. The number of rotatable bonds is 7. The summed E-state index contributed by atoms with van der Waals surface area (Å²) in [6.45, 7) is 5.49. The summed E-state index contributed by atoms with van der Waals surface area (Å²) in [6, 6.07) is 2.59. The molecule has 0 radical (unpaired) electrons. The molecule has 0 aliphatic rings. The van der Waals surface area contributed by atoms with Gasteiger partial charge in [0.15, 0.2) is 0 Å². The van der Waals surface area contributed by atoms with E-state index in [-0.39, 0.29) is 23.0 Å². The molecule has 20 heavy (non-hydrogen) atoms. The van der Waals surface area contributed by atoms with Gasteiger partial charge in [-0.15, -0.1) is 0 Å². The normalized spacial score (nSPS) is 13.4. The van der Waals surface area contributed by atoms with E-state index in [1.165, 1.54) is 19.1 Å². The molecule has 4 nitrogen and oxygen atoms in total. The first-order valence-corrected chi connectivity index (χ1v) is 8.35. The zero-order chi connectivity index (χ0) is 15.3. The molecule has 0 aromatic heterocycles. The number of halogens is 1. The summed E-state index contributed by atoms with van der Waals surface area (Å²) in [4.78, 5) is -0.0208. The Balaban J connectivity index is 3.18. The van der Waals surface area contributed by atoms with Gasteiger partial charge in [-0.2, -0.15) is 0 Å². The van der Waals surface area contributed by atoms with Gasteiger partial charge in [-0.05, 0) is 37.5 Å². The lowest BCUT2D eigenvalue weighted by Crippen LogP contribution is -2.34. The monoisotopic (exact) mass is 302 g/mol. The molecule has 1 atom stereocenters. The van der Waals surface area contributed by atoms with Gasteiger partial charge in [-0.1, -0.05) is 20.3 Å². The van der Waals surface area contributed by atoms with Crippen molar-refractivity contribution in [3.05, 3.63) is 29.1 Å². The molecule has 1 unspecified atom stereocenters. The Morgan fingerprint density at radius 2 is 2.00 bits per heavy atom. The van der Waals surface area contributed by atoms with E-state index < -0.39 is 15.8 Å². The van der Waals surface area contributed by atoms with Gasteiger partial charge in [0.05, 0.1) is 4.90 Å². The largest absolute Gasteiger partial charge is 0.326 e. The molecule has 0 heterocycles. The smallest absolute Gasteiger partial charge is 0.241 e. The number of hydrogen-bond acceptors (Lipinski definition) is 3. The third-order valence-electron chi connectivity index (χ3n) is 3.33. The highest BCUT2D eigenvalue weighted by Crippen LogP contribution is 2.21. The van der Waals surface area contributed by atoms with Crippen molar-refractivity contribution >= 4 is 10.0 Å². The van der Waals surface area contributed by atoms with E-state index >= 15 is 0 Å². The Morgan fingerprint density at radius 3 is 2.50 bits per heavy atom. The Kier molecular flexibility index (Phi) is 6.10. The number of nitrogens with two attached hydrogens (primary N) is 1. The SMILES string of the molecule is CCCC(CC)NS(=O)(=O)c1cc(CN)cc(F)c1C. The van der Waals surface area contributed by atoms with Crippen LogP contribution in [0.5, 0.6) is 0 Å². The van der Waals surface area contributed by atoms with Crippen molar-refractivity contribution in [3.63, 3.8) is 0 Å². The second-order valence-corrected chi connectivity index (χ2v) is 6.60. The number of benzene rings is 1. The van der Waals surface area contributed by atoms with Crippen molar-refractivity contribution in [2.75, 3.05) is 0 Å². The van der Waals surface area contributed by atoms with E-state index in [0.717, 1.165) is 12.8 Å². The van der Waals surface area contributed by atoms with Crippen LogP contribution in [0, 0.1) is 12.7 Å². The lowest BCUT2D eigenvalue weighted by atomic mass is 10.1. The summed E-state index contributed by atoms with van der Waals surface area (Å²) < 4.78 is 41.2. The van der Waals surface area contributed by atoms with Crippen LogP contribution in [0.25, 0.3) is 0 Å². The predicted octanol–water partition coefficient (Wildman–Crippen LogP) is 2.45. The molecule has 0 amide bonds. The fourth-order valence-corrected chi connectivity index (χ4v) is 3.74. The van der Waals surface area contributed by atoms with Crippen LogP contribution in [-0.4, -0.2) is 14.5 Å². The molecule has 0 saturated heterocycles. The molecular weight excluding hydrogens is 279 g/mol. The third kappa shape index (κ3) is 4.01. The maximum Gasteiger partial charge on any atom is 0.241 e. The molecule has 114 valence electrons. The maximum absolute atomic E-state index is 13.8. The highest BCUT2D eigenvalue weighted by Gasteiger charge is 2.22. The molecule has 0 aliphatic carbocycles. The van der Waals surface area contributed by atoms with Gasteiger partial charge in [0.1, 0.15) is 5.82 Å². The third-order valence-corrected chi connectivity index (χ3v) is 4.98. The van der Waals surface area contributed by atoms with Crippen molar-refractivity contribution < 1.29 is 12.8 Å². The van der Waals surface area contributed by atoms with Crippen LogP contribution in [0.2, 0.25) is 0 Å². The molecule has 0 bridgehead atoms. The molecule has 3 N–H and O–H groups in total. The van der Waals surface area contributed by atoms with Crippen molar-refractivity contribution in [1.82, 2.24) is 4.72 Å². The Bertz CT molecular complexity index is 559. The summed E-state index contributed by atoms with van der Waals surface area (Å²) in [6.07, 6.45) is 2.34. The molecule has 6 heteroatoms. The predicted molar refractivity (Wildman–Crippen MR) is 78.3 cm³/mol. The zero-order valence-corrected chi connectivity index (χ0v) is 13.1. The molecule has 1 aromatic carbocycles. The zero-order valence-electron chi connectivity index (χ0n) is 12.2. The van der Waals surface area contributed by atoms with Gasteiger partial charge < -0.3 is 5.73 Å². The van der Waals surface area contributed by atoms with Gasteiger partial charge in [0.2, 0.25) is 10.0 Å². The first-order valence-electron chi connectivity index (χ1n) is 6.87. The fraction of sp³-hybridized carbons (Fsp3) is 0.571. The molecule has 0 saturated carbocycles. The van der Waals surface area contributed by atoms with Crippen molar-refractivity contribution in [2.45, 2.75) is 57.5 Å². The second kappa shape index (κ2) is 7.15. The lowest BCUT2D eigenvalue weighted by molar-refractivity contribution is 0.511. The van der Waals surface area contributed by atoms with Crippen LogP contribution in [0.1, 0.15) is 44.2 Å². The number of hydrogen-bond donors (Lipinski definition) is 2. The Hall–Kier alpha value is -0.980. The summed E-state index contributed by atoms with van der Waals surface area (Å²) in [5.74, 6) is -0.545. The first-order chi connectivity index (χ1) is 9.35. The van der Waals surface area contributed by atoms with E-state index in [1.807, 2.05) is 13.8 Å². The second-order valence-electron chi connectivity index (χ2n) is 4.92. The van der Waals surface area contributed by atoms with Crippen LogP contribution in [-0.2, 0) is 16.6 Å². The standard InChI is InChI=1S/C14H23FN2O2S/c1-4-6-12(5-2)17-20(18,19)14-8-11(9-16)7-13(15)10(14)3/h7-8,12,17H,4-6,9,16H2,1-3H3. The van der Waals surface area contributed by atoms with E-state index in [4.69, 9.17) is 5.73 Å². The van der Waals surface area contributed by atoms with Crippen molar-refractivity contribution in [2.24, 2.45) is 5.73 Å². The minimum Gasteiger partial charge on any atom is -0.326 e. The number of sulfonamides is 1. The molecular formula is C14H23FN2O2S. The Labute approximate surface area is 120 Å². The number of nitrogens with one attached hydrogen (secondary N) is 1. The lowest BCUT2D eigenvalue weighted by Gasteiger charge is -2.18. The average molecular weight is 302 g/mol. The molecule has 0 aliphatic heterocycles. The average Bonchev–Trinajstić information content (AvgIpc) is 2.40. The summed E-state index contributed by atoms with van der Waals surface area (Å²) in [5, 5.41) is 0. The summed E-state index contributed by atoms with van der Waals surface area (Å²) in [5.41, 5.74) is 6.07. The Morgan fingerprint density at radius 1 is 1.35 bits per heavy atom. The van der Waals surface area contributed by atoms with Crippen molar-refractivity contribution in [1.29, 1.82) is 0 Å². The van der Waals surface area contributed by atoms with E-state index in [0.29, 0.717) is 12.0 Å². The highest BCUT2D eigenvalue weighted by molar-refractivity contribution is 7.89. The minimum absolute atomic E-state index is 0.0208. The van der Waals surface area contributed by atoms with Crippen LogP contribution in [0.3, 0.4) is 0 Å². The van der Waals surface area contributed by atoms with Crippen LogP contribution in [0.15, 0.2) is 17.0 Å².